The smallest absolute Gasteiger partial charge is 0.252 e. The monoisotopic (exact) mass is 396 g/mol. The molecule has 1 fully saturated rings. The van der Waals surface area contributed by atoms with Crippen molar-refractivity contribution in [3.63, 3.8) is 0 Å². The molecule has 0 radical (unpaired) electrons. The van der Waals surface area contributed by atoms with Gasteiger partial charge >= 0.3 is 0 Å². The van der Waals surface area contributed by atoms with E-state index in [9.17, 15) is 9.59 Å². The molecule has 1 atom stereocenters. The van der Waals surface area contributed by atoms with Crippen LogP contribution in [0.2, 0.25) is 0 Å². The molecule has 0 unspecified atom stereocenters. The van der Waals surface area contributed by atoms with Crippen molar-refractivity contribution in [2.75, 3.05) is 13.7 Å². The van der Waals surface area contributed by atoms with Gasteiger partial charge in [0.2, 0.25) is 11.8 Å². The lowest BCUT2D eigenvalue weighted by atomic mass is 9.77. The van der Waals surface area contributed by atoms with Crippen LogP contribution < -0.4 is 15.4 Å². The van der Waals surface area contributed by atoms with Crippen molar-refractivity contribution in [1.29, 1.82) is 0 Å². The molecule has 2 aromatic heterocycles. The highest BCUT2D eigenvalue weighted by Gasteiger charge is 2.30. The van der Waals surface area contributed by atoms with Crippen LogP contribution in [0.4, 0.5) is 0 Å². The molecule has 2 amide bonds. The maximum absolute atomic E-state index is 12.3. The Kier molecular flexibility index (Phi) is 7.16. The van der Waals surface area contributed by atoms with Crippen molar-refractivity contribution in [3.05, 3.63) is 54.0 Å². The van der Waals surface area contributed by atoms with Gasteiger partial charge in [0, 0.05) is 31.9 Å². The van der Waals surface area contributed by atoms with Crippen molar-refractivity contribution in [1.82, 2.24) is 20.6 Å². The molecule has 7 nitrogen and oxygen atoms in total. The van der Waals surface area contributed by atoms with E-state index >= 15 is 0 Å². The summed E-state index contributed by atoms with van der Waals surface area (Å²) >= 11 is 0. The minimum atomic E-state index is -0.119. The number of hydrogen-bond donors (Lipinski definition) is 2. The second kappa shape index (κ2) is 10.0. The number of ether oxygens (including phenoxy) is 1. The number of amides is 2. The highest BCUT2D eigenvalue weighted by atomic mass is 16.5. The summed E-state index contributed by atoms with van der Waals surface area (Å²) in [5, 5.41) is 6.09. The van der Waals surface area contributed by atoms with Gasteiger partial charge in [-0.25, -0.2) is 4.98 Å². The summed E-state index contributed by atoms with van der Waals surface area (Å²) < 4.78 is 5.02. The molecular weight excluding hydrogens is 368 g/mol. The number of nitrogens with one attached hydrogen (secondary N) is 2. The van der Waals surface area contributed by atoms with Gasteiger partial charge in [0.05, 0.1) is 24.4 Å². The van der Waals surface area contributed by atoms with Crippen molar-refractivity contribution in [2.45, 2.75) is 38.6 Å². The van der Waals surface area contributed by atoms with Crippen LogP contribution in [0.1, 0.15) is 54.7 Å². The van der Waals surface area contributed by atoms with E-state index in [1.165, 1.54) is 6.20 Å². The fourth-order valence-corrected chi connectivity index (χ4v) is 3.91. The van der Waals surface area contributed by atoms with Gasteiger partial charge in [0.1, 0.15) is 0 Å². The Bertz CT molecular complexity index is 803. The molecule has 1 aliphatic carbocycles. The Balaban J connectivity index is 1.51. The third-order valence-electron chi connectivity index (χ3n) is 5.49. The van der Waals surface area contributed by atoms with Crippen molar-refractivity contribution in [2.24, 2.45) is 11.8 Å². The number of nitrogens with zero attached hydrogens (tertiary/aromatic N) is 2. The average Bonchev–Trinajstić information content (AvgIpc) is 2.77. The first kappa shape index (κ1) is 20.8. The number of aromatic nitrogens is 2. The topological polar surface area (TPSA) is 93.2 Å². The van der Waals surface area contributed by atoms with E-state index in [1.54, 1.807) is 32.4 Å². The molecule has 154 valence electrons. The first-order chi connectivity index (χ1) is 14.1. The summed E-state index contributed by atoms with van der Waals surface area (Å²) in [6, 6.07) is 9.13. The van der Waals surface area contributed by atoms with Crippen LogP contribution in [-0.2, 0) is 4.79 Å². The van der Waals surface area contributed by atoms with Gasteiger partial charge in [-0.15, -0.1) is 0 Å². The second-order valence-corrected chi connectivity index (χ2v) is 7.51. The third kappa shape index (κ3) is 5.76. The second-order valence-electron chi connectivity index (χ2n) is 7.51. The van der Waals surface area contributed by atoms with E-state index in [2.05, 4.69) is 20.6 Å². The standard InChI is InChI=1S/C22H28N4O3/c1-15(27)26-21(19-5-3-4-12-23-19)17-8-6-16(7-9-17)13-25-22(28)18-10-11-20(29-2)24-14-18/h3-5,10-12,14,16-17,21H,6-9,13H2,1-2H3,(H,25,28)(H,26,27)/t16?,17?,21-/m0/s1. The van der Waals surface area contributed by atoms with Crippen LogP contribution in [0.25, 0.3) is 0 Å². The molecular formula is C22H28N4O3. The van der Waals surface area contributed by atoms with Gasteiger partial charge in [-0.2, -0.15) is 0 Å². The summed E-state index contributed by atoms with van der Waals surface area (Å²) in [7, 11) is 1.54. The van der Waals surface area contributed by atoms with Gasteiger partial charge in [0.25, 0.3) is 5.91 Å². The SMILES string of the molecule is COc1ccc(C(=O)NCC2CCC([C@H](NC(C)=O)c3ccccn3)CC2)cn1. The number of carbonyl (C=O) groups is 2. The number of rotatable bonds is 7. The Morgan fingerprint density at radius 3 is 2.52 bits per heavy atom. The average molecular weight is 396 g/mol. The van der Waals surface area contributed by atoms with Crippen molar-refractivity contribution in [3.8, 4) is 5.88 Å². The number of carbonyl (C=O) groups excluding carboxylic acids is 2. The molecule has 0 aliphatic heterocycles. The maximum atomic E-state index is 12.3. The van der Waals surface area contributed by atoms with Gasteiger partial charge in [-0.05, 0) is 55.7 Å². The van der Waals surface area contributed by atoms with E-state index in [0.29, 0.717) is 29.8 Å². The Hall–Kier alpha value is -2.96. The molecule has 3 rings (SSSR count). The predicted octanol–water partition coefficient (Wildman–Crippen LogP) is 2.90. The molecule has 0 bridgehead atoms. The van der Waals surface area contributed by atoms with E-state index in [4.69, 9.17) is 4.74 Å². The Labute approximate surface area is 171 Å². The molecule has 0 spiro atoms. The van der Waals surface area contributed by atoms with Gasteiger partial charge in [-0.1, -0.05) is 6.07 Å². The minimum Gasteiger partial charge on any atom is -0.481 e. The lowest BCUT2D eigenvalue weighted by Crippen LogP contribution is -2.36. The zero-order chi connectivity index (χ0) is 20.6. The highest BCUT2D eigenvalue weighted by molar-refractivity contribution is 5.93. The molecule has 7 heteroatoms. The minimum absolute atomic E-state index is 0.0388. The first-order valence-electron chi connectivity index (χ1n) is 10.0. The van der Waals surface area contributed by atoms with Gasteiger partial charge in [0.15, 0.2) is 0 Å². The molecule has 2 N–H and O–H groups in total. The molecule has 29 heavy (non-hydrogen) atoms. The van der Waals surface area contributed by atoms with E-state index in [0.717, 1.165) is 31.4 Å². The quantitative estimate of drug-likeness (QED) is 0.751. The van der Waals surface area contributed by atoms with Crippen molar-refractivity contribution >= 4 is 11.8 Å². The Morgan fingerprint density at radius 2 is 1.93 bits per heavy atom. The molecule has 0 saturated heterocycles. The lowest BCUT2D eigenvalue weighted by Gasteiger charge is -2.34. The van der Waals surface area contributed by atoms with Crippen LogP contribution in [-0.4, -0.2) is 35.4 Å². The first-order valence-corrected chi connectivity index (χ1v) is 10.0. The van der Waals surface area contributed by atoms with Crippen LogP contribution >= 0.6 is 0 Å². The zero-order valence-electron chi connectivity index (χ0n) is 16.9. The number of pyridine rings is 2. The number of hydrogen-bond acceptors (Lipinski definition) is 5. The fraction of sp³-hybridized carbons (Fsp3) is 0.455. The molecule has 2 heterocycles. The van der Waals surface area contributed by atoms with Gasteiger partial charge < -0.3 is 15.4 Å². The number of methoxy groups -OCH3 is 1. The lowest BCUT2D eigenvalue weighted by molar-refractivity contribution is -0.120. The van der Waals surface area contributed by atoms with Crippen molar-refractivity contribution < 1.29 is 14.3 Å². The van der Waals surface area contributed by atoms with E-state index in [1.807, 2.05) is 18.2 Å². The molecule has 2 aromatic rings. The zero-order valence-corrected chi connectivity index (χ0v) is 16.9. The van der Waals surface area contributed by atoms with Crippen LogP contribution in [0.3, 0.4) is 0 Å². The summed E-state index contributed by atoms with van der Waals surface area (Å²) in [4.78, 5) is 32.5. The van der Waals surface area contributed by atoms with Crippen LogP contribution in [0.15, 0.2) is 42.7 Å². The predicted molar refractivity (Wildman–Crippen MR) is 109 cm³/mol. The molecule has 1 saturated carbocycles. The molecule has 0 aromatic carbocycles. The summed E-state index contributed by atoms with van der Waals surface area (Å²) in [5.74, 6) is 1.12. The van der Waals surface area contributed by atoms with Crippen LogP contribution in [0, 0.1) is 11.8 Å². The van der Waals surface area contributed by atoms with Gasteiger partial charge in [-0.3, -0.25) is 14.6 Å². The van der Waals surface area contributed by atoms with E-state index < -0.39 is 0 Å². The normalized spacial score (nSPS) is 19.8. The highest BCUT2D eigenvalue weighted by Crippen LogP contribution is 2.36. The summed E-state index contributed by atoms with van der Waals surface area (Å²) in [6.07, 6.45) is 7.29. The van der Waals surface area contributed by atoms with E-state index in [-0.39, 0.29) is 17.9 Å². The largest absolute Gasteiger partial charge is 0.481 e. The molecule has 1 aliphatic rings. The summed E-state index contributed by atoms with van der Waals surface area (Å²) in [5.41, 5.74) is 1.44. The maximum Gasteiger partial charge on any atom is 0.252 e. The third-order valence-corrected chi connectivity index (χ3v) is 5.49. The van der Waals surface area contributed by atoms with Crippen LogP contribution in [0.5, 0.6) is 5.88 Å². The fourth-order valence-electron chi connectivity index (χ4n) is 3.91. The summed E-state index contributed by atoms with van der Waals surface area (Å²) in [6.45, 7) is 2.19. The Morgan fingerprint density at radius 1 is 1.14 bits per heavy atom.